The number of rotatable bonds is 2. The second-order valence-corrected chi connectivity index (χ2v) is 4.24. The predicted molar refractivity (Wildman–Crippen MR) is 71.2 cm³/mol. The van der Waals surface area contributed by atoms with Gasteiger partial charge in [-0.3, -0.25) is 4.79 Å². The number of nitrogens with one attached hydrogen (secondary N) is 1. The molecule has 2 heterocycles. The van der Waals surface area contributed by atoms with Crippen LogP contribution in [-0.2, 0) is 0 Å². The number of aromatic hydroxyl groups is 1. The number of carbonyl (C=O) groups is 1. The van der Waals surface area contributed by atoms with Crippen LogP contribution >= 0.6 is 0 Å². The van der Waals surface area contributed by atoms with Gasteiger partial charge >= 0.3 is 0 Å². The number of carbonyl (C=O) groups excluding carboxylic acids is 1. The van der Waals surface area contributed by atoms with Gasteiger partial charge in [-0.1, -0.05) is 0 Å². The van der Waals surface area contributed by atoms with E-state index in [-0.39, 0.29) is 11.4 Å². The van der Waals surface area contributed by atoms with Crippen LogP contribution in [0, 0.1) is 5.82 Å². The van der Waals surface area contributed by atoms with Gasteiger partial charge in [0.25, 0.3) is 5.91 Å². The second kappa shape index (κ2) is 4.65. The predicted octanol–water partition coefficient (Wildman–Crippen LogP) is 2.43. The zero-order valence-corrected chi connectivity index (χ0v) is 10.2. The van der Waals surface area contributed by atoms with E-state index in [1.54, 1.807) is 12.1 Å². The lowest BCUT2D eigenvalue weighted by Crippen LogP contribution is -2.12. The number of imidazole rings is 1. The van der Waals surface area contributed by atoms with Crippen LogP contribution in [0.4, 0.5) is 10.1 Å². The fourth-order valence-electron chi connectivity index (χ4n) is 1.81. The monoisotopic (exact) mass is 271 g/mol. The molecule has 2 aromatic heterocycles. The van der Waals surface area contributed by atoms with Crippen molar-refractivity contribution in [2.45, 2.75) is 0 Å². The van der Waals surface area contributed by atoms with Crippen LogP contribution in [0.25, 0.3) is 5.65 Å². The number of pyridine rings is 1. The average molecular weight is 271 g/mol. The Bertz CT molecular complexity index is 781. The van der Waals surface area contributed by atoms with Crippen LogP contribution in [0.1, 0.15) is 10.5 Å². The van der Waals surface area contributed by atoms with Crippen molar-refractivity contribution in [3.8, 4) is 5.75 Å². The summed E-state index contributed by atoms with van der Waals surface area (Å²) in [7, 11) is 0. The van der Waals surface area contributed by atoms with Crippen LogP contribution in [0.3, 0.4) is 0 Å². The van der Waals surface area contributed by atoms with Gasteiger partial charge in [0.1, 0.15) is 22.9 Å². The maximum Gasteiger partial charge on any atom is 0.275 e. The molecule has 100 valence electrons. The summed E-state index contributed by atoms with van der Waals surface area (Å²) < 4.78 is 14.5. The highest BCUT2D eigenvalue weighted by molar-refractivity contribution is 6.03. The molecule has 3 aromatic rings. The van der Waals surface area contributed by atoms with Crippen molar-refractivity contribution >= 4 is 17.2 Å². The first-order chi connectivity index (χ1) is 9.61. The van der Waals surface area contributed by atoms with Crippen LogP contribution in [0.15, 0.2) is 48.8 Å². The molecular formula is C14H10FN3O2. The Hall–Kier alpha value is -2.89. The highest BCUT2D eigenvalue weighted by Crippen LogP contribution is 2.15. The summed E-state index contributed by atoms with van der Waals surface area (Å²) in [6.45, 7) is 0. The van der Waals surface area contributed by atoms with Crippen LogP contribution in [-0.4, -0.2) is 20.4 Å². The van der Waals surface area contributed by atoms with E-state index in [4.69, 9.17) is 5.11 Å². The standard InChI is InChI=1S/C14H10FN3O2/c15-9-1-6-13-17-12(8-18(13)7-9)14(20)16-10-2-4-11(19)5-3-10/h1-8,19H,(H,16,20). The number of amides is 1. The molecule has 3 rings (SSSR count). The maximum atomic E-state index is 13.1. The smallest absolute Gasteiger partial charge is 0.275 e. The fourth-order valence-corrected chi connectivity index (χ4v) is 1.81. The Balaban J connectivity index is 1.86. The van der Waals surface area contributed by atoms with Gasteiger partial charge in [-0.25, -0.2) is 9.37 Å². The topological polar surface area (TPSA) is 66.6 Å². The number of hydrogen-bond donors (Lipinski definition) is 2. The summed E-state index contributed by atoms with van der Waals surface area (Å²) >= 11 is 0. The van der Waals surface area contributed by atoms with Crippen LogP contribution < -0.4 is 5.32 Å². The molecular weight excluding hydrogens is 261 g/mol. The molecule has 0 aliphatic rings. The quantitative estimate of drug-likeness (QED) is 0.703. The van der Waals surface area contributed by atoms with E-state index in [1.165, 1.54) is 41.1 Å². The van der Waals surface area contributed by atoms with Gasteiger partial charge in [0.15, 0.2) is 0 Å². The van der Waals surface area contributed by atoms with Gasteiger partial charge in [-0.2, -0.15) is 0 Å². The Morgan fingerprint density at radius 1 is 1.15 bits per heavy atom. The first-order valence-corrected chi connectivity index (χ1v) is 5.86. The van der Waals surface area contributed by atoms with Crippen molar-refractivity contribution in [3.63, 3.8) is 0 Å². The molecule has 0 aliphatic heterocycles. The molecule has 0 bridgehead atoms. The first-order valence-electron chi connectivity index (χ1n) is 5.86. The van der Waals surface area contributed by atoms with E-state index >= 15 is 0 Å². The number of anilines is 1. The van der Waals surface area contributed by atoms with E-state index < -0.39 is 11.7 Å². The van der Waals surface area contributed by atoms with Crippen molar-refractivity contribution in [3.05, 3.63) is 60.3 Å². The minimum absolute atomic E-state index is 0.117. The van der Waals surface area contributed by atoms with Crippen molar-refractivity contribution in [2.24, 2.45) is 0 Å². The van der Waals surface area contributed by atoms with E-state index in [0.29, 0.717) is 11.3 Å². The molecule has 0 saturated carbocycles. The van der Waals surface area contributed by atoms with E-state index in [2.05, 4.69) is 10.3 Å². The van der Waals surface area contributed by atoms with Crippen LogP contribution in [0.5, 0.6) is 5.75 Å². The molecule has 0 fully saturated rings. The van der Waals surface area contributed by atoms with Gasteiger partial charge in [0.2, 0.25) is 0 Å². The Morgan fingerprint density at radius 3 is 2.65 bits per heavy atom. The lowest BCUT2D eigenvalue weighted by Gasteiger charge is -2.02. The van der Waals surface area contributed by atoms with E-state index in [0.717, 1.165) is 0 Å². The fraction of sp³-hybridized carbons (Fsp3) is 0. The number of nitrogens with zero attached hydrogens (tertiary/aromatic N) is 2. The Morgan fingerprint density at radius 2 is 1.90 bits per heavy atom. The molecule has 0 atom stereocenters. The molecule has 1 aromatic carbocycles. The number of fused-ring (bicyclic) bond motifs is 1. The number of phenolic OH excluding ortho intramolecular Hbond substituents is 1. The summed E-state index contributed by atoms with van der Waals surface area (Å²) in [6, 6.07) is 8.85. The molecule has 0 aliphatic carbocycles. The third-order valence-corrected chi connectivity index (χ3v) is 2.77. The normalized spacial score (nSPS) is 10.7. The van der Waals surface area contributed by atoms with Crippen LogP contribution in [0.2, 0.25) is 0 Å². The number of benzene rings is 1. The van der Waals surface area contributed by atoms with Gasteiger partial charge < -0.3 is 14.8 Å². The largest absolute Gasteiger partial charge is 0.508 e. The third-order valence-electron chi connectivity index (χ3n) is 2.77. The highest BCUT2D eigenvalue weighted by Gasteiger charge is 2.11. The second-order valence-electron chi connectivity index (χ2n) is 4.24. The molecule has 2 N–H and O–H groups in total. The van der Waals surface area contributed by atoms with Crippen molar-refractivity contribution in [1.82, 2.24) is 9.38 Å². The summed E-state index contributed by atoms with van der Waals surface area (Å²) in [6.07, 6.45) is 2.70. The lowest BCUT2D eigenvalue weighted by atomic mass is 10.3. The number of hydrogen-bond acceptors (Lipinski definition) is 3. The summed E-state index contributed by atoms with van der Waals surface area (Å²) in [4.78, 5) is 16.1. The third kappa shape index (κ3) is 2.31. The summed E-state index contributed by atoms with van der Waals surface area (Å²) in [5.41, 5.74) is 1.21. The lowest BCUT2D eigenvalue weighted by molar-refractivity contribution is 0.102. The van der Waals surface area contributed by atoms with Crippen molar-refractivity contribution in [2.75, 3.05) is 5.32 Å². The van der Waals surface area contributed by atoms with E-state index in [1.807, 2.05) is 0 Å². The molecule has 0 radical (unpaired) electrons. The van der Waals surface area contributed by atoms with Gasteiger partial charge in [0, 0.05) is 18.1 Å². The SMILES string of the molecule is O=C(Nc1ccc(O)cc1)c1cn2cc(F)ccc2n1. The zero-order valence-electron chi connectivity index (χ0n) is 10.2. The minimum Gasteiger partial charge on any atom is -0.508 e. The molecule has 6 heteroatoms. The van der Waals surface area contributed by atoms with Gasteiger partial charge in [0.05, 0.1) is 0 Å². The highest BCUT2D eigenvalue weighted by atomic mass is 19.1. The first kappa shape index (κ1) is 12.2. The molecule has 0 unspecified atom stereocenters. The number of phenols is 1. The van der Waals surface area contributed by atoms with Crippen molar-refractivity contribution in [1.29, 1.82) is 0 Å². The Kier molecular flexibility index (Phi) is 2.83. The van der Waals surface area contributed by atoms with Gasteiger partial charge in [-0.05, 0) is 36.4 Å². The van der Waals surface area contributed by atoms with E-state index in [9.17, 15) is 9.18 Å². The summed E-state index contributed by atoms with van der Waals surface area (Å²) in [5, 5.41) is 11.8. The molecule has 20 heavy (non-hydrogen) atoms. The van der Waals surface area contributed by atoms with Gasteiger partial charge in [-0.15, -0.1) is 0 Å². The molecule has 1 amide bonds. The van der Waals surface area contributed by atoms with Crippen molar-refractivity contribution < 1.29 is 14.3 Å². The molecule has 0 saturated heterocycles. The summed E-state index contributed by atoms with van der Waals surface area (Å²) in [5.74, 6) is -0.689. The number of halogens is 1. The molecule has 5 nitrogen and oxygen atoms in total. The maximum absolute atomic E-state index is 13.1. The average Bonchev–Trinajstić information content (AvgIpc) is 2.84. The minimum atomic E-state index is -0.403. The Labute approximate surface area is 113 Å². The number of aromatic nitrogens is 2. The zero-order chi connectivity index (χ0) is 14.1. The molecule has 0 spiro atoms.